The smallest absolute Gasteiger partial charge is 0.187 e. The lowest BCUT2D eigenvalue weighted by Crippen LogP contribution is -2.65. The predicted octanol–water partition coefficient (Wildman–Crippen LogP) is -7.57. The van der Waals surface area contributed by atoms with E-state index in [2.05, 4.69) is 0 Å². The lowest BCUT2D eigenvalue weighted by atomic mass is 9.97. The van der Waals surface area contributed by atoms with Crippen LogP contribution in [0.15, 0.2) is 0 Å². The first kappa shape index (κ1) is 27.9. The summed E-state index contributed by atoms with van der Waals surface area (Å²) in [5.41, 5.74) is 0. The van der Waals surface area contributed by atoms with Crippen LogP contribution < -0.4 is 0 Å². The van der Waals surface area contributed by atoms with Crippen LogP contribution in [-0.4, -0.2) is 168 Å². The minimum absolute atomic E-state index is 0.609. The molecule has 3 rings (SSSR count). The Bertz CT molecular complexity index is 637. The predicted molar refractivity (Wildman–Crippen MR) is 101 cm³/mol. The summed E-state index contributed by atoms with van der Waals surface area (Å²) in [6.45, 7) is -2.07. The van der Waals surface area contributed by atoms with E-state index in [0.717, 1.165) is 0 Å². The van der Waals surface area contributed by atoms with Gasteiger partial charge in [-0.2, -0.15) is 0 Å². The second-order valence-electron chi connectivity index (χ2n) is 8.37. The van der Waals surface area contributed by atoms with Crippen molar-refractivity contribution in [1.29, 1.82) is 0 Å². The first-order valence-corrected chi connectivity index (χ1v) is 10.6. The summed E-state index contributed by atoms with van der Waals surface area (Å²) < 4.78 is 26.3. The molecule has 3 fully saturated rings. The van der Waals surface area contributed by atoms with Crippen LogP contribution in [0.1, 0.15) is 0 Å². The van der Waals surface area contributed by atoms with Gasteiger partial charge >= 0.3 is 0 Å². The van der Waals surface area contributed by atoms with E-state index in [-0.39, 0.29) is 0 Å². The van der Waals surface area contributed by atoms with E-state index in [1.54, 1.807) is 0 Å². The standard InChI is InChI=1S/C18H32O16/c19-1-4-7(21)9(23)13(27)17(32-4)30-3-6-8(22)10(24)14(28)18(33-6)34-15-5(2-20)31-16(29)12(26)11(15)25/h4-29H,1-3H2/t4-,5-,6-,7+,8-,9+,10+,11-,12-,13-,14-,15-,16-,17-,18+/m1/s1. The van der Waals surface area contributed by atoms with E-state index in [0.29, 0.717) is 0 Å². The van der Waals surface area contributed by atoms with Crippen LogP contribution in [0.4, 0.5) is 0 Å². The number of aliphatic hydroxyl groups is 11. The van der Waals surface area contributed by atoms with Gasteiger partial charge < -0.3 is 79.9 Å². The molecule has 16 nitrogen and oxygen atoms in total. The molecule has 0 aromatic rings. The van der Waals surface area contributed by atoms with Crippen molar-refractivity contribution in [3.63, 3.8) is 0 Å². The first-order valence-electron chi connectivity index (χ1n) is 10.6. The highest BCUT2D eigenvalue weighted by atomic mass is 16.7. The molecule has 0 aliphatic carbocycles. The van der Waals surface area contributed by atoms with E-state index in [1.165, 1.54) is 0 Å². The summed E-state index contributed by atoms with van der Waals surface area (Å²) >= 11 is 0. The van der Waals surface area contributed by atoms with Gasteiger partial charge in [0.05, 0.1) is 19.8 Å². The Morgan fingerprint density at radius 1 is 0.500 bits per heavy atom. The van der Waals surface area contributed by atoms with Crippen LogP contribution in [0, 0.1) is 0 Å². The zero-order chi connectivity index (χ0) is 25.3. The van der Waals surface area contributed by atoms with Crippen molar-refractivity contribution in [3.8, 4) is 0 Å². The average molecular weight is 504 g/mol. The molecular formula is C18H32O16. The fourth-order valence-electron chi connectivity index (χ4n) is 3.95. The van der Waals surface area contributed by atoms with Crippen LogP contribution in [0.2, 0.25) is 0 Å². The molecule has 0 aromatic heterocycles. The molecule has 0 aromatic carbocycles. The van der Waals surface area contributed by atoms with Gasteiger partial charge in [0.2, 0.25) is 0 Å². The summed E-state index contributed by atoms with van der Waals surface area (Å²) in [5.74, 6) is 0. The second-order valence-corrected chi connectivity index (χ2v) is 8.37. The van der Waals surface area contributed by atoms with E-state index in [9.17, 15) is 56.2 Å². The molecule has 0 saturated carbocycles. The summed E-state index contributed by atoms with van der Waals surface area (Å²) in [6, 6.07) is 0. The molecule has 3 aliphatic heterocycles. The lowest BCUT2D eigenvalue weighted by molar-refractivity contribution is -0.362. The van der Waals surface area contributed by atoms with Gasteiger partial charge in [-0.05, 0) is 0 Å². The third-order valence-electron chi connectivity index (χ3n) is 6.07. The van der Waals surface area contributed by atoms with E-state index < -0.39 is 112 Å². The third kappa shape index (κ3) is 5.52. The number of hydrogen-bond acceptors (Lipinski definition) is 16. The second kappa shape index (κ2) is 11.6. The summed E-state index contributed by atoms with van der Waals surface area (Å²) in [6.07, 6.45) is -24.9. The van der Waals surface area contributed by atoms with Crippen molar-refractivity contribution in [2.75, 3.05) is 19.8 Å². The number of aliphatic hydroxyl groups excluding tert-OH is 11. The van der Waals surface area contributed by atoms with Crippen molar-refractivity contribution in [2.45, 2.75) is 92.1 Å². The lowest BCUT2D eigenvalue weighted by Gasteiger charge is -2.45. The Labute approximate surface area is 192 Å². The Hall–Kier alpha value is -0.640. The topological polar surface area (TPSA) is 269 Å². The quantitative estimate of drug-likeness (QED) is 0.154. The first-order chi connectivity index (χ1) is 16.0. The zero-order valence-corrected chi connectivity index (χ0v) is 17.7. The van der Waals surface area contributed by atoms with Crippen molar-refractivity contribution < 1.29 is 79.9 Å². The molecule has 3 aliphatic rings. The van der Waals surface area contributed by atoms with Gasteiger partial charge in [-0.25, -0.2) is 0 Å². The summed E-state index contributed by atoms with van der Waals surface area (Å²) in [5, 5.41) is 109. The number of ether oxygens (including phenoxy) is 5. The minimum atomic E-state index is -1.87. The van der Waals surface area contributed by atoms with Gasteiger partial charge in [-0.15, -0.1) is 0 Å². The van der Waals surface area contributed by atoms with Crippen LogP contribution in [0.3, 0.4) is 0 Å². The van der Waals surface area contributed by atoms with E-state index in [1.807, 2.05) is 0 Å². The van der Waals surface area contributed by atoms with Gasteiger partial charge in [0.1, 0.15) is 73.2 Å². The molecule has 200 valence electrons. The van der Waals surface area contributed by atoms with Gasteiger partial charge in [-0.1, -0.05) is 0 Å². The maximum absolute atomic E-state index is 10.3. The Kier molecular flexibility index (Phi) is 9.54. The van der Waals surface area contributed by atoms with Gasteiger partial charge in [0.15, 0.2) is 18.9 Å². The monoisotopic (exact) mass is 504 g/mol. The van der Waals surface area contributed by atoms with Crippen LogP contribution in [0.25, 0.3) is 0 Å². The zero-order valence-electron chi connectivity index (χ0n) is 17.7. The summed E-state index contributed by atoms with van der Waals surface area (Å²) in [7, 11) is 0. The highest BCUT2D eigenvalue weighted by molar-refractivity contribution is 4.94. The van der Waals surface area contributed by atoms with Crippen molar-refractivity contribution in [1.82, 2.24) is 0 Å². The number of rotatable bonds is 7. The average Bonchev–Trinajstić information content (AvgIpc) is 2.82. The highest BCUT2D eigenvalue weighted by Crippen LogP contribution is 2.29. The molecule has 11 N–H and O–H groups in total. The van der Waals surface area contributed by atoms with Gasteiger partial charge in [0, 0.05) is 0 Å². The van der Waals surface area contributed by atoms with Crippen molar-refractivity contribution in [3.05, 3.63) is 0 Å². The molecule has 0 bridgehead atoms. The fraction of sp³-hybridized carbons (Fsp3) is 1.00. The van der Waals surface area contributed by atoms with Crippen LogP contribution in [0.5, 0.6) is 0 Å². The SMILES string of the molecule is OC[C@H]1O[C@@H](OC[C@H]2O[C@@H](O[C@H]3[C@H](O)[C@@H](O)[C@H](O)O[C@@H]3CO)[C@H](O)[C@@H](O)[C@@H]2O)[C@H](O)[C@@H](O)[C@H]1O. The largest absolute Gasteiger partial charge is 0.394 e. The molecule has 3 saturated heterocycles. The molecule has 0 radical (unpaired) electrons. The van der Waals surface area contributed by atoms with Crippen LogP contribution in [-0.2, 0) is 23.7 Å². The molecule has 0 spiro atoms. The number of hydrogen-bond donors (Lipinski definition) is 11. The Morgan fingerprint density at radius 2 is 1.03 bits per heavy atom. The fourth-order valence-corrected chi connectivity index (χ4v) is 3.95. The molecule has 0 amide bonds. The maximum atomic E-state index is 10.3. The molecular weight excluding hydrogens is 472 g/mol. The van der Waals surface area contributed by atoms with E-state index >= 15 is 0 Å². The third-order valence-corrected chi connectivity index (χ3v) is 6.07. The van der Waals surface area contributed by atoms with Crippen molar-refractivity contribution >= 4 is 0 Å². The molecule has 15 atom stereocenters. The Balaban J connectivity index is 1.66. The molecule has 16 heteroatoms. The highest BCUT2D eigenvalue weighted by Gasteiger charge is 2.51. The van der Waals surface area contributed by atoms with Gasteiger partial charge in [0.25, 0.3) is 0 Å². The Morgan fingerprint density at radius 3 is 1.62 bits per heavy atom. The normalized spacial score (nSPS) is 52.5. The van der Waals surface area contributed by atoms with Crippen molar-refractivity contribution in [2.24, 2.45) is 0 Å². The molecule has 3 heterocycles. The summed E-state index contributed by atoms with van der Waals surface area (Å²) in [4.78, 5) is 0. The molecule has 0 unspecified atom stereocenters. The van der Waals surface area contributed by atoms with E-state index in [4.69, 9.17) is 23.7 Å². The molecule has 34 heavy (non-hydrogen) atoms. The van der Waals surface area contributed by atoms with Crippen LogP contribution >= 0.6 is 0 Å². The minimum Gasteiger partial charge on any atom is -0.394 e. The maximum Gasteiger partial charge on any atom is 0.187 e. The van der Waals surface area contributed by atoms with Gasteiger partial charge in [-0.3, -0.25) is 0 Å².